The first-order valence-corrected chi connectivity index (χ1v) is 12.4. The number of hydrogen-bond acceptors (Lipinski definition) is 2. The van der Waals surface area contributed by atoms with Crippen molar-refractivity contribution in [1.29, 1.82) is 0 Å². The first kappa shape index (κ1) is 29.1. The Hall–Kier alpha value is -2.45. The third-order valence-corrected chi connectivity index (χ3v) is 7.61. The zero-order valence-corrected chi connectivity index (χ0v) is 22.0. The Morgan fingerprint density at radius 3 is 2.27 bits per heavy atom. The molecule has 37 heavy (non-hydrogen) atoms. The predicted molar refractivity (Wildman–Crippen MR) is 137 cm³/mol. The maximum Gasteiger partial charge on any atom is 0.399 e. The Bertz CT molecular complexity index is 1160. The zero-order chi connectivity index (χ0) is 27.7. The Morgan fingerprint density at radius 1 is 1.11 bits per heavy atom. The predicted octanol–water partition coefficient (Wildman–Crippen LogP) is 8.73. The van der Waals surface area contributed by atoms with Gasteiger partial charge in [-0.1, -0.05) is 49.2 Å². The molecule has 1 fully saturated rings. The van der Waals surface area contributed by atoms with Crippen LogP contribution in [-0.2, 0) is 6.05 Å². The molecule has 1 unspecified atom stereocenters. The minimum Gasteiger partial charge on any atom is -0.388 e. The maximum atomic E-state index is 15.8. The molecule has 0 amide bonds. The van der Waals surface area contributed by atoms with Crippen LogP contribution >= 0.6 is 11.6 Å². The largest absolute Gasteiger partial charge is 0.399 e. The summed E-state index contributed by atoms with van der Waals surface area (Å²) >= 11 is 6.10. The van der Waals surface area contributed by atoms with E-state index in [1.54, 1.807) is 13.8 Å². The molecule has 1 N–H and O–H groups in total. The fourth-order valence-electron chi connectivity index (χ4n) is 4.70. The van der Waals surface area contributed by atoms with Crippen molar-refractivity contribution in [2.75, 3.05) is 14.1 Å². The SMILES string of the molecule is C=C(NC)c1ccc(/C(F)=C/C(c2cc(C)c(C)c(Cl)c2)C(F)(F)F)cc1C(F)(F)N(C)C1CCCC1. The highest BCUT2D eigenvalue weighted by Crippen LogP contribution is 2.43. The molecule has 9 heteroatoms. The molecule has 0 spiro atoms. The van der Waals surface area contributed by atoms with Crippen molar-refractivity contribution in [3.63, 3.8) is 0 Å². The molecule has 0 aliphatic heterocycles. The molecule has 2 aromatic rings. The summed E-state index contributed by atoms with van der Waals surface area (Å²) < 4.78 is 89.0. The van der Waals surface area contributed by atoms with Gasteiger partial charge in [0, 0.05) is 40.5 Å². The zero-order valence-electron chi connectivity index (χ0n) is 21.2. The van der Waals surface area contributed by atoms with E-state index >= 15 is 13.2 Å². The van der Waals surface area contributed by atoms with Crippen LogP contribution in [0.5, 0.6) is 0 Å². The van der Waals surface area contributed by atoms with Crippen LogP contribution in [0.25, 0.3) is 11.5 Å². The molecular weight excluding hydrogens is 514 g/mol. The monoisotopic (exact) mass is 544 g/mol. The normalized spacial score (nSPS) is 16.4. The van der Waals surface area contributed by atoms with E-state index in [4.69, 9.17) is 11.6 Å². The molecule has 0 bridgehead atoms. The molecule has 3 rings (SSSR count). The van der Waals surface area contributed by atoms with E-state index < -0.39 is 29.5 Å². The molecule has 1 atom stereocenters. The van der Waals surface area contributed by atoms with Crippen LogP contribution in [-0.4, -0.2) is 31.2 Å². The van der Waals surface area contributed by atoms with Crippen molar-refractivity contribution in [3.8, 4) is 0 Å². The van der Waals surface area contributed by atoms with Crippen LogP contribution in [0.1, 0.15) is 65.0 Å². The summed E-state index contributed by atoms with van der Waals surface area (Å²) in [7, 11) is 2.83. The Kier molecular flexibility index (Phi) is 8.75. The van der Waals surface area contributed by atoms with Gasteiger partial charge in [-0.05, 0) is 68.6 Å². The summed E-state index contributed by atoms with van der Waals surface area (Å²) in [6, 6.07) is 1.93. The molecule has 0 radical (unpaired) electrons. The molecule has 2 aromatic carbocycles. The first-order valence-electron chi connectivity index (χ1n) is 12.0. The standard InChI is InChI=1S/C28H31ClF6N2/c1-16-12-20(14-25(29)17(16)2)23(27(31,32)33)15-26(30)19-10-11-22(18(3)36-4)24(13-19)28(34,35)37(5)21-8-6-7-9-21/h10-15,21,23,36H,3,6-9H2,1-2,4-5H3/b26-15-. The van der Waals surface area contributed by atoms with Gasteiger partial charge < -0.3 is 5.32 Å². The second kappa shape index (κ2) is 11.1. The van der Waals surface area contributed by atoms with Crippen molar-refractivity contribution >= 4 is 23.1 Å². The fourth-order valence-corrected chi connectivity index (χ4v) is 4.97. The van der Waals surface area contributed by atoms with E-state index in [2.05, 4.69) is 11.9 Å². The van der Waals surface area contributed by atoms with Gasteiger partial charge in [0.25, 0.3) is 0 Å². The topological polar surface area (TPSA) is 15.3 Å². The van der Waals surface area contributed by atoms with Crippen LogP contribution in [0, 0.1) is 13.8 Å². The number of nitrogens with one attached hydrogen (secondary N) is 1. The quantitative estimate of drug-likeness (QED) is 0.264. The Morgan fingerprint density at radius 2 is 1.73 bits per heavy atom. The fraction of sp³-hybridized carbons (Fsp3) is 0.429. The molecule has 0 saturated heterocycles. The van der Waals surface area contributed by atoms with Crippen LogP contribution in [0.2, 0.25) is 5.02 Å². The highest BCUT2D eigenvalue weighted by atomic mass is 35.5. The lowest BCUT2D eigenvalue weighted by Gasteiger charge is -2.34. The second-order valence-electron chi connectivity index (χ2n) is 9.56. The van der Waals surface area contributed by atoms with E-state index in [9.17, 15) is 13.2 Å². The summed E-state index contributed by atoms with van der Waals surface area (Å²) in [4.78, 5) is 0.961. The number of allylic oxidation sites excluding steroid dienone is 1. The van der Waals surface area contributed by atoms with E-state index in [-0.39, 0.29) is 33.5 Å². The van der Waals surface area contributed by atoms with Crippen molar-refractivity contribution in [2.24, 2.45) is 0 Å². The first-order chi connectivity index (χ1) is 17.2. The van der Waals surface area contributed by atoms with E-state index in [0.29, 0.717) is 30.0 Å². The highest BCUT2D eigenvalue weighted by Gasteiger charge is 2.44. The lowest BCUT2D eigenvalue weighted by Crippen LogP contribution is -2.43. The average Bonchev–Trinajstić information content (AvgIpc) is 3.38. The minimum absolute atomic E-state index is 0.0576. The number of hydrogen-bond donors (Lipinski definition) is 1. The van der Waals surface area contributed by atoms with Gasteiger partial charge in [-0.2, -0.15) is 22.0 Å². The molecule has 2 nitrogen and oxygen atoms in total. The van der Waals surface area contributed by atoms with Gasteiger partial charge in [-0.15, -0.1) is 0 Å². The van der Waals surface area contributed by atoms with E-state index in [1.165, 1.54) is 32.3 Å². The van der Waals surface area contributed by atoms with Gasteiger partial charge in [0.05, 0.1) is 0 Å². The molecular formula is C28H31ClF6N2. The molecule has 1 saturated carbocycles. The number of aryl methyl sites for hydroxylation is 1. The second-order valence-corrected chi connectivity index (χ2v) is 9.97. The summed E-state index contributed by atoms with van der Waals surface area (Å²) in [6.07, 6.45) is -1.55. The summed E-state index contributed by atoms with van der Waals surface area (Å²) in [6.45, 7) is 7.04. The number of halogens is 7. The van der Waals surface area contributed by atoms with E-state index in [1.807, 2.05) is 0 Å². The summed E-state index contributed by atoms with van der Waals surface area (Å²) in [5, 5.41) is 2.85. The third-order valence-electron chi connectivity index (χ3n) is 7.21. The van der Waals surface area contributed by atoms with Gasteiger partial charge in [0.2, 0.25) is 0 Å². The van der Waals surface area contributed by atoms with Gasteiger partial charge in [0.15, 0.2) is 0 Å². The molecule has 1 aliphatic carbocycles. The van der Waals surface area contributed by atoms with Crippen molar-refractivity contribution in [1.82, 2.24) is 10.2 Å². The van der Waals surface area contributed by atoms with Gasteiger partial charge in [-0.25, -0.2) is 9.29 Å². The Balaban J connectivity index is 2.11. The lowest BCUT2D eigenvalue weighted by atomic mass is 9.92. The Labute approximate surface area is 219 Å². The third kappa shape index (κ3) is 6.17. The summed E-state index contributed by atoms with van der Waals surface area (Å²) in [5.74, 6) is -3.58. The van der Waals surface area contributed by atoms with Gasteiger partial charge >= 0.3 is 12.2 Å². The number of benzene rings is 2. The molecule has 0 aromatic heterocycles. The van der Waals surface area contributed by atoms with Crippen molar-refractivity contribution in [3.05, 3.63) is 81.4 Å². The molecule has 0 heterocycles. The highest BCUT2D eigenvalue weighted by molar-refractivity contribution is 6.31. The lowest BCUT2D eigenvalue weighted by molar-refractivity contribution is -0.160. The van der Waals surface area contributed by atoms with Crippen LogP contribution < -0.4 is 5.32 Å². The maximum absolute atomic E-state index is 15.8. The van der Waals surface area contributed by atoms with E-state index in [0.717, 1.165) is 29.9 Å². The smallest absolute Gasteiger partial charge is 0.388 e. The number of nitrogens with zero attached hydrogens (tertiary/aromatic N) is 1. The minimum atomic E-state index is -4.84. The average molecular weight is 545 g/mol. The van der Waals surface area contributed by atoms with Gasteiger partial charge in [-0.3, -0.25) is 0 Å². The molecule has 202 valence electrons. The molecule has 1 aliphatic rings. The van der Waals surface area contributed by atoms with Crippen LogP contribution in [0.4, 0.5) is 26.3 Å². The van der Waals surface area contributed by atoms with Crippen molar-refractivity contribution in [2.45, 2.75) is 63.7 Å². The summed E-state index contributed by atoms with van der Waals surface area (Å²) in [5.41, 5.74) is 0.242. The van der Waals surface area contributed by atoms with Gasteiger partial charge in [0.1, 0.15) is 11.7 Å². The van der Waals surface area contributed by atoms with Crippen LogP contribution in [0.15, 0.2) is 43.0 Å². The van der Waals surface area contributed by atoms with Crippen LogP contribution in [0.3, 0.4) is 0 Å². The van der Waals surface area contributed by atoms with Crippen molar-refractivity contribution < 1.29 is 26.3 Å². The number of alkyl halides is 5. The number of rotatable bonds is 8.